The lowest BCUT2D eigenvalue weighted by molar-refractivity contribution is -0.155. The predicted molar refractivity (Wildman–Crippen MR) is 268 cm³/mol. The Balaban J connectivity index is 1.25. The molecule has 3 aliphatic heterocycles. The van der Waals surface area contributed by atoms with Crippen LogP contribution in [0.5, 0.6) is 5.75 Å². The first-order valence-electron chi connectivity index (χ1n) is 24.7. The summed E-state index contributed by atoms with van der Waals surface area (Å²) in [5.41, 5.74) is 9.21. The Bertz CT molecular complexity index is 2780. The number of hydrogen-bond acceptors (Lipinski definition) is 11. The quantitative estimate of drug-likeness (QED) is 0.0974. The highest BCUT2D eigenvalue weighted by atomic mass is 19.3. The average Bonchev–Trinajstić information content (AvgIpc) is 3.96. The van der Waals surface area contributed by atoms with Crippen LogP contribution in [0.2, 0.25) is 0 Å². The number of hydrogen-bond donors (Lipinski definition) is 3. The number of amides is 4. The Hall–Kier alpha value is -6.42. The zero-order valence-electron chi connectivity index (χ0n) is 43.0. The highest BCUT2D eigenvalue weighted by molar-refractivity contribution is 5.97. The molecular formula is C54H68F2N8O8. The van der Waals surface area contributed by atoms with Gasteiger partial charge in [0.25, 0.3) is 11.8 Å². The molecule has 3 aliphatic rings. The summed E-state index contributed by atoms with van der Waals surface area (Å²) in [5.74, 6) is -0.482. The summed E-state index contributed by atoms with van der Waals surface area (Å²) in [6.45, 7) is 12.7. The number of alkyl halides is 2. The number of ether oxygens (including phenoxy) is 2. The van der Waals surface area contributed by atoms with E-state index in [0.717, 1.165) is 53.1 Å². The van der Waals surface area contributed by atoms with Crippen molar-refractivity contribution in [2.45, 2.75) is 110 Å². The second kappa shape index (κ2) is 21.7. The van der Waals surface area contributed by atoms with Crippen molar-refractivity contribution in [3.8, 4) is 40.0 Å². The summed E-state index contributed by atoms with van der Waals surface area (Å²) in [6.07, 6.45) is 2.98. The van der Waals surface area contributed by atoms with Crippen molar-refractivity contribution in [1.29, 1.82) is 0 Å². The number of esters is 1. The molecule has 1 unspecified atom stereocenters. The first-order valence-corrected chi connectivity index (χ1v) is 24.7. The van der Waals surface area contributed by atoms with Gasteiger partial charge in [-0.3, -0.25) is 34.0 Å². The topological polar surface area (TPSA) is 179 Å². The smallest absolute Gasteiger partial charge is 0.369 e. The maximum atomic E-state index is 14.8. The lowest BCUT2D eigenvalue weighted by Crippen LogP contribution is -2.62. The number of benzene rings is 2. The highest BCUT2D eigenvalue weighted by Gasteiger charge is 2.41. The van der Waals surface area contributed by atoms with Gasteiger partial charge in [-0.2, -0.15) is 8.78 Å². The number of phenols is 1. The van der Waals surface area contributed by atoms with E-state index in [0.29, 0.717) is 41.8 Å². The van der Waals surface area contributed by atoms with Gasteiger partial charge in [-0.25, -0.2) is 10.3 Å². The molecule has 2 aromatic carbocycles. The molecule has 5 heterocycles. The van der Waals surface area contributed by atoms with Crippen LogP contribution in [0.4, 0.5) is 8.78 Å². The monoisotopic (exact) mass is 995 g/mol. The fourth-order valence-corrected chi connectivity index (χ4v) is 10.1. The first kappa shape index (κ1) is 53.4. The summed E-state index contributed by atoms with van der Waals surface area (Å²) in [7, 11) is 5.43. The van der Waals surface area contributed by atoms with Gasteiger partial charge in [-0.05, 0) is 124 Å². The molecule has 2 fully saturated rings. The van der Waals surface area contributed by atoms with E-state index in [9.17, 15) is 37.9 Å². The maximum absolute atomic E-state index is 14.8. The fourth-order valence-electron chi connectivity index (χ4n) is 10.1. The van der Waals surface area contributed by atoms with Crippen molar-refractivity contribution in [2.24, 2.45) is 17.3 Å². The molecule has 7 rings (SSSR count). The summed E-state index contributed by atoms with van der Waals surface area (Å²) in [4.78, 5) is 78.2. The summed E-state index contributed by atoms with van der Waals surface area (Å²) in [5, 5.41) is 16.6. The van der Waals surface area contributed by atoms with Gasteiger partial charge in [0.05, 0.1) is 30.0 Å². The maximum Gasteiger partial charge on any atom is 0.369 e. The van der Waals surface area contributed by atoms with Crippen LogP contribution in [-0.4, -0.2) is 143 Å². The lowest BCUT2D eigenvalue weighted by atomic mass is 9.84. The number of fused-ring (bicyclic) bond motifs is 6. The minimum absolute atomic E-state index is 0.0537. The molecule has 0 radical (unpaired) electrons. The van der Waals surface area contributed by atoms with Crippen LogP contribution in [0.15, 0.2) is 54.7 Å². The number of likely N-dealkylation sites (tertiary alicyclic amines) is 1. The molecule has 6 bridgehead atoms. The molecule has 5 atom stereocenters. The van der Waals surface area contributed by atoms with E-state index in [1.807, 2.05) is 31.0 Å². The molecule has 2 aromatic heterocycles. The Labute approximate surface area is 420 Å². The molecular weight excluding hydrogens is 927 g/mol. The summed E-state index contributed by atoms with van der Waals surface area (Å²) in [6, 6.07) is 8.51. The van der Waals surface area contributed by atoms with E-state index in [1.165, 1.54) is 21.9 Å². The van der Waals surface area contributed by atoms with Crippen LogP contribution in [0.1, 0.15) is 83.7 Å². The lowest BCUT2D eigenvalue weighted by Gasteiger charge is -2.37. The van der Waals surface area contributed by atoms with Crippen LogP contribution >= 0.6 is 0 Å². The third kappa shape index (κ3) is 11.4. The number of likely N-dealkylation sites (N-methyl/N-ethyl adjacent to an activating group) is 1. The number of aryl methyl sites for hydroxylation is 1. The molecule has 4 amide bonds. The predicted octanol–water partition coefficient (Wildman–Crippen LogP) is 5.94. The third-order valence-electron chi connectivity index (χ3n) is 14.1. The number of nitrogens with zero attached hydrogens (tertiary/aromatic N) is 6. The number of halogens is 2. The second-order valence-corrected chi connectivity index (χ2v) is 20.6. The summed E-state index contributed by atoms with van der Waals surface area (Å²) >= 11 is 0. The van der Waals surface area contributed by atoms with Crippen LogP contribution < -0.4 is 10.7 Å². The molecule has 0 saturated carbocycles. The molecule has 16 nitrogen and oxygen atoms in total. The number of aromatic nitrogens is 2. The molecule has 0 aliphatic carbocycles. The molecule has 0 spiro atoms. The fraction of sp³-hybridized carbons (Fsp3) is 0.519. The Kier molecular flexibility index (Phi) is 16.1. The van der Waals surface area contributed by atoms with Gasteiger partial charge < -0.3 is 34.3 Å². The number of phenolic OH excluding ortho intramolecular Hbond substituents is 1. The van der Waals surface area contributed by atoms with Crippen molar-refractivity contribution < 1.29 is 47.3 Å². The highest BCUT2D eigenvalue weighted by Crippen LogP contribution is 2.42. The van der Waals surface area contributed by atoms with Crippen molar-refractivity contribution >= 4 is 40.5 Å². The average molecular weight is 995 g/mol. The van der Waals surface area contributed by atoms with E-state index in [2.05, 4.69) is 54.3 Å². The minimum atomic E-state index is -3.52. The molecule has 72 heavy (non-hydrogen) atoms. The number of cyclic esters (lactones) is 1. The van der Waals surface area contributed by atoms with Gasteiger partial charge in [0.15, 0.2) is 0 Å². The second-order valence-electron chi connectivity index (χ2n) is 20.6. The van der Waals surface area contributed by atoms with Crippen LogP contribution in [-0.2, 0) is 52.8 Å². The number of rotatable bonds is 10. The van der Waals surface area contributed by atoms with Crippen LogP contribution in [0, 0.1) is 29.1 Å². The van der Waals surface area contributed by atoms with Gasteiger partial charge in [0.1, 0.15) is 23.9 Å². The van der Waals surface area contributed by atoms with E-state index in [4.69, 9.17) is 14.5 Å². The first-order chi connectivity index (χ1) is 34.0. The molecule has 3 N–H and O–H groups in total. The number of carbonyl (C=O) groups is 5. The molecule has 18 heteroatoms. The minimum Gasteiger partial charge on any atom is -0.508 e. The standard InChI is InChI=1S/C54H68F2N8O8/c1-11-63-44-17-16-35-28-40(44)41(48(63)39-14-12-21-57-46(39)33(4)71-10)29-53(5,6)31-72-52(70)42-15-13-22-64(59-42)51(69)43(26-34-24-37(35)27-38(65)25-34)58-49(67)47(32(2)3)61(9)50(68)36-19-23-62(30-36)45(66)18-20-54(55,56)60(7)8/h12,14,16-17,21,24-25,27-28,32-33,36,42-43,47,59,65H,11,13,15,19,22-23,26,29-31H2,1-10H3,(H,58,67)/t33-,36-,42-,43-,47?/m0/s1. The Morgan fingerprint density at radius 1 is 1.06 bits per heavy atom. The van der Waals surface area contributed by atoms with Gasteiger partial charge >= 0.3 is 12.0 Å². The Morgan fingerprint density at radius 3 is 2.50 bits per heavy atom. The van der Waals surface area contributed by atoms with E-state index in [1.54, 1.807) is 45.2 Å². The number of pyridine rings is 1. The summed E-state index contributed by atoms with van der Waals surface area (Å²) < 4.78 is 42.4. The van der Waals surface area contributed by atoms with Gasteiger partial charge in [-0.1, -0.05) is 39.8 Å². The van der Waals surface area contributed by atoms with Crippen LogP contribution in [0.3, 0.4) is 0 Å². The van der Waals surface area contributed by atoms with Gasteiger partial charge in [-0.15, -0.1) is 0 Å². The third-order valence-corrected chi connectivity index (χ3v) is 14.1. The van der Waals surface area contributed by atoms with Crippen molar-refractivity contribution in [3.05, 3.63) is 71.5 Å². The van der Waals surface area contributed by atoms with Gasteiger partial charge in [0, 0.05) is 80.8 Å². The zero-order valence-corrected chi connectivity index (χ0v) is 43.0. The van der Waals surface area contributed by atoms with E-state index in [-0.39, 0.29) is 50.9 Å². The van der Waals surface area contributed by atoms with Gasteiger partial charge in [0.2, 0.25) is 11.8 Å². The van der Waals surface area contributed by atoms with E-state index < -0.39 is 71.0 Å². The number of nitrogens with one attached hydrogen (secondary N) is 2. The molecule has 386 valence electrons. The van der Waals surface area contributed by atoms with E-state index >= 15 is 0 Å². The number of hydrazine groups is 1. The van der Waals surface area contributed by atoms with Crippen LogP contribution in [0.25, 0.3) is 33.3 Å². The number of methoxy groups -OCH3 is 1. The number of aromatic hydroxyl groups is 1. The van der Waals surface area contributed by atoms with Crippen molar-refractivity contribution in [2.75, 3.05) is 54.5 Å². The SMILES string of the molecule is CCn1c(-c2cccnc2[C@H](C)OC)c2c3cc(ccc31)-c1cc(O)cc(c1)C[C@H](NC(=O)C(C(C)C)N(C)C(=O)[C@H]1CCN(C(=O)C#CC(F)(F)N(C)C)C1)C(=O)N1CCC[C@H](N1)C(=O)OCC(C)(C)C2. The number of carbonyl (C=O) groups excluding carboxylic acids is 5. The van der Waals surface area contributed by atoms with Crippen molar-refractivity contribution in [3.63, 3.8) is 0 Å². The normalized spacial score (nSPS) is 20.4. The zero-order chi connectivity index (χ0) is 52.4. The molecule has 2 saturated heterocycles. The molecule has 4 aromatic rings. The Morgan fingerprint density at radius 2 is 1.81 bits per heavy atom. The van der Waals surface area contributed by atoms with Crippen molar-refractivity contribution in [1.82, 2.24) is 40.0 Å². The largest absolute Gasteiger partial charge is 0.508 e.